The van der Waals surface area contributed by atoms with Crippen LogP contribution in [0.2, 0.25) is 0 Å². The summed E-state index contributed by atoms with van der Waals surface area (Å²) in [7, 11) is -3.97. The van der Waals surface area contributed by atoms with Crippen LogP contribution >= 0.6 is 0 Å². The standard InChI is InChI=1S/C24H25F3N4O3S/c1-3-15-9-18-19(12-28)23(20-8-7-17(13-29-20)35(32,33)30-14(2)11-25)31(16-5-4-6-16)21(18)10-22(15)34-24(26)27/h7-10,13-14,16,24,30H,3-6,11H2,1-2H3/t14-/m0/s1. The molecule has 0 spiro atoms. The topological polar surface area (TPSA) is 97.0 Å². The molecular formula is C24H25F3N4O3S. The quantitative estimate of drug-likeness (QED) is 0.436. The van der Waals surface area contributed by atoms with Gasteiger partial charge in [-0.15, -0.1) is 0 Å². The van der Waals surface area contributed by atoms with Crippen molar-refractivity contribution in [2.24, 2.45) is 0 Å². The first-order valence-corrected chi connectivity index (χ1v) is 12.8. The highest BCUT2D eigenvalue weighted by Gasteiger charge is 2.30. The van der Waals surface area contributed by atoms with Gasteiger partial charge < -0.3 is 9.30 Å². The summed E-state index contributed by atoms with van der Waals surface area (Å²) < 4.78 is 72.8. The summed E-state index contributed by atoms with van der Waals surface area (Å²) >= 11 is 0. The van der Waals surface area contributed by atoms with Gasteiger partial charge in [0, 0.05) is 29.7 Å². The van der Waals surface area contributed by atoms with Crippen LogP contribution in [0.5, 0.6) is 5.75 Å². The zero-order valence-corrected chi connectivity index (χ0v) is 20.1. The smallest absolute Gasteiger partial charge is 0.387 e. The van der Waals surface area contributed by atoms with E-state index in [2.05, 4.69) is 15.8 Å². The Kier molecular flexibility index (Phi) is 7.05. The minimum atomic E-state index is -3.97. The maximum absolute atomic E-state index is 13.1. The molecule has 0 saturated heterocycles. The average molecular weight is 507 g/mol. The molecule has 1 atom stereocenters. The fourth-order valence-electron chi connectivity index (χ4n) is 4.30. The first-order valence-electron chi connectivity index (χ1n) is 11.3. The number of nitrogens with zero attached hydrogens (tertiary/aromatic N) is 3. The molecule has 0 unspecified atom stereocenters. The van der Waals surface area contributed by atoms with Crippen molar-refractivity contribution in [2.45, 2.75) is 63.1 Å². The van der Waals surface area contributed by atoms with E-state index < -0.39 is 29.4 Å². The Morgan fingerprint density at radius 2 is 2.06 bits per heavy atom. The number of halogens is 3. The third kappa shape index (κ3) is 4.73. The molecule has 7 nitrogen and oxygen atoms in total. The molecule has 1 saturated carbocycles. The molecule has 0 bridgehead atoms. The van der Waals surface area contributed by atoms with E-state index in [1.807, 2.05) is 11.5 Å². The van der Waals surface area contributed by atoms with Gasteiger partial charge in [-0.1, -0.05) is 6.92 Å². The Hall–Kier alpha value is -3.10. The Bertz CT molecular complexity index is 1380. The van der Waals surface area contributed by atoms with Crippen LogP contribution in [0.1, 0.15) is 50.3 Å². The van der Waals surface area contributed by atoms with Crippen molar-refractivity contribution in [1.29, 1.82) is 5.26 Å². The minimum Gasteiger partial charge on any atom is -0.434 e. The van der Waals surface area contributed by atoms with Gasteiger partial charge in [0.05, 0.1) is 22.5 Å². The van der Waals surface area contributed by atoms with E-state index >= 15 is 0 Å². The normalized spacial score (nSPS) is 15.2. The van der Waals surface area contributed by atoms with Crippen LogP contribution in [-0.4, -0.2) is 37.3 Å². The molecule has 2 heterocycles. The van der Waals surface area contributed by atoms with E-state index in [0.717, 1.165) is 25.5 Å². The lowest BCUT2D eigenvalue weighted by Gasteiger charge is -2.30. The third-order valence-electron chi connectivity index (χ3n) is 6.21. The summed E-state index contributed by atoms with van der Waals surface area (Å²) in [6.07, 6.45) is 4.28. The Morgan fingerprint density at radius 1 is 1.31 bits per heavy atom. The molecule has 1 aliphatic carbocycles. The van der Waals surface area contributed by atoms with Crippen molar-refractivity contribution in [2.75, 3.05) is 6.67 Å². The molecule has 4 rings (SSSR count). The van der Waals surface area contributed by atoms with Crippen molar-refractivity contribution in [1.82, 2.24) is 14.3 Å². The summed E-state index contributed by atoms with van der Waals surface area (Å²) in [4.78, 5) is 4.20. The van der Waals surface area contributed by atoms with E-state index in [9.17, 15) is 26.9 Å². The number of aryl methyl sites for hydroxylation is 1. The lowest BCUT2D eigenvalue weighted by atomic mass is 9.92. The van der Waals surface area contributed by atoms with Gasteiger partial charge in [-0.2, -0.15) is 14.0 Å². The Balaban J connectivity index is 1.89. The SMILES string of the molecule is CCc1cc2c(C#N)c(-c3ccc(S(=O)(=O)N[C@@H](C)CF)cn3)n(C3CCC3)c2cc1OC(F)F. The fourth-order valence-corrected chi connectivity index (χ4v) is 5.46. The molecule has 11 heteroatoms. The van der Waals surface area contributed by atoms with Crippen LogP contribution in [0.15, 0.2) is 35.4 Å². The van der Waals surface area contributed by atoms with Crippen LogP contribution < -0.4 is 9.46 Å². The number of sulfonamides is 1. The van der Waals surface area contributed by atoms with Crippen LogP contribution in [-0.2, 0) is 16.4 Å². The number of pyridine rings is 1. The number of hydrogen-bond donors (Lipinski definition) is 1. The number of alkyl halides is 3. The molecular weight excluding hydrogens is 481 g/mol. The maximum Gasteiger partial charge on any atom is 0.387 e. The fraction of sp³-hybridized carbons (Fsp3) is 0.417. The van der Waals surface area contributed by atoms with E-state index in [0.29, 0.717) is 39.8 Å². The van der Waals surface area contributed by atoms with Gasteiger partial charge in [0.25, 0.3) is 0 Å². The van der Waals surface area contributed by atoms with Crippen molar-refractivity contribution < 1.29 is 26.3 Å². The van der Waals surface area contributed by atoms with Crippen molar-refractivity contribution in [3.05, 3.63) is 41.6 Å². The highest BCUT2D eigenvalue weighted by Crippen LogP contribution is 2.44. The molecule has 1 fully saturated rings. The van der Waals surface area contributed by atoms with E-state index in [-0.39, 0.29) is 16.7 Å². The van der Waals surface area contributed by atoms with Crippen molar-refractivity contribution >= 4 is 20.9 Å². The summed E-state index contributed by atoms with van der Waals surface area (Å²) in [6, 6.07) is 7.47. The molecule has 0 radical (unpaired) electrons. The average Bonchev–Trinajstić information content (AvgIpc) is 3.09. The molecule has 2 aromatic heterocycles. The number of aromatic nitrogens is 2. The van der Waals surface area contributed by atoms with Crippen molar-refractivity contribution in [3.8, 4) is 23.2 Å². The van der Waals surface area contributed by atoms with Crippen LogP contribution in [0.25, 0.3) is 22.3 Å². The third-order valence-corrected chi connectivity index (χ3v) is 7.79. The number of rotatable bonds is 9. The molecule has 1 N–H and O–H groups in total. The van der Waals surface area contributed by atoms with Gasteiger partial charge in [-0.25, -0.2) is 17.5 Å². The Labute approximate surface area is 201 Å². The van der Waals surface area contributed by atoms with E-state index in [1.165, 1.54) is 19.1 Å². The minimum absolute atomic E-state index is 0.0405. The molecule has 1 aliphatic rings. The second-order valence-electron chi connectivity index (χ2n) is 8.56. The lowest BCUT2D eigenvalue weighted by molar-refractivity contribution is -0.0503. The number of nitrogens with one attached hydrogen (secondary N) is 1. The van der Waals surface area contributed by atoms with Gasteiger partial charge >= 0.3 is 6.61 Å². The van der Waals surface area contributed by atoms with Gasteiger partial charge in [-0.3, -0.25) is 4.98 Å². The van der Waals surface area contributed by atoms with Gasteiger partial charge in [0.2, 0.25) is 10.0 Å². The molecule has 0 amide bonds. The summed E-state index contributed by atoms with van der Waals surface area (Å²) in [6.45, 7) is -0.612. The maximum atomic E-state index is 13.1. The number of hydrogen-bond acceptors (Lipinski definition) is 5. The lowest BCUT2D eigenvalue weighted by Crippen LogP contribution is -2.34. The molecule has 186 valence electrons. The Morgan fingerprint density at radius 3 is 2.57 bits per heavy atom. The monoisotopic (exact) mass is 506 g/mol. The zero-order valence-electron chi connectivity index (χ0n) is 19.3. The van der Waals surface area contributed by atoms with Crippen LogP contribution in [0.3, 0.4) is 0 Å². The number of nitriles is 1. The first kappa shape index (κ1) is 25.0. The van der Waals surface area contributed by atoms with Crippen LogP contribution in [0, 0.1) is 11.3 Å². The van der Waals surface area contributed by atoms with Gasteiger partial charge in [0.15, 0.2) is 0 Å². The van der Waals surface area contributed by atoms with E-state index in [1.54, 1.807) is 12.1 Å². The zero-order chi connectivity index (χ0) is 25.3. The summed E-state index contributed by atoms with van der Waals surface area (Å²) in [5.41, 5.74) is 2.34. The number of ether oxygens (including phenoxy) is 1. The first-order chi connectivity index (χ1) is 16.7. The van der Waals surface area contributed by atoms with Crippen LogP contribution in [0.4, 0.5) is 13.2 Å². The highest BCUT2D eigenvalue weighted by atomic mass is 32.2. The highest BCUT2D eigenvalue weighted by molar-refractivity contribution is 7.89. The number of fused-ring (bicyclic) bond motifs is 1. The van der Waals surface area contributed by atoms with E-state index in [4.69, 9.17) is 4.74 Å². The summed E-state index contributed by atoms with van der Waals surface area (Å²) in [5.74, 6) is 0.0616. The molecule has 0 aliphatic heterocycles. The summed E-state index contributed by atoms with van der Waals surface area (Å²) in [5, 5.41) is 10.7. The van der Waals surface area contributed by atoms with Crippen molar-refractivity contribution in [3.63, 3.8) is 0 Å². The number of benzene rings is 1. The largest absolute Gasteiger partial charge is 0.434 e. The molecule has 35 heavy (non-hydrogen) atoms. The second-order valence-corrected chi connectivity index (χ2v) is 10.3. The van der Waals surface area contributed by atoms with Gasteiger partial charge in [-0.05, 0) is 56.4 Å². The predicted octanol–water partition coefficient (Wildman–Crippen LogP) is 5.10. The molecule has 1 aromatic carbocycles. The molecule has 3 aromatic rings. The predicted molar refractivity (Wildman–Crippen MR) is 125 cm³/mol. The van der Waals surface area contributed by atoms with Gasteiger partial charge in [0.1, 0.15) is 23.4 Å². The second kappa shape index (κ2) is 9.87.